The molecule has 8 rings (SSSR count). The Labute approximate surface area is 267 Å². The van der Waals surface area contributed by atoms with Crippen LogP contribution < -0.4 is 0 Å². The second-order valence-corrected chi connectivity index (χ2v) is 11.2. The van der Waals surface area contributed by atoms with Crippen molar-refractivity contribution in [2.24, 2.45) is 0 Å². The first-order valence-corrected chi connectivity index (χ1v) is 15.3. The average molecular weight is 589 g/mol. The van der Waals surface area contributed by atoms with E-state index in [4.69, 9.17) is 9.97 Å². The Hall–Kier alpha value is -6.26. The maximum absolute atomic E-state index is 5.21. The van der Waals surface area contributed by atoms with E-state index in [1.165, 1.54) is 11.1 Å². The molecule has 0 spiro atoms. The molecular weight excluding hydrogens is 560 g/mol. The van der Waals surface area contributed by atoms with Crippen LogP contribution in [0.25, 0.3) is 78.3 Å². The first-order chi connectivity index (χ1) is 22.8. The molecule has 0 radical (unpaired) electrons. The number of fused-ring (bicyclic) bond motifs is 1. The third-order valence-corrected chi connectivity index (χ3v) is 8.18. The summed E-state index contributed by atoms with van der Waals surface area (Å²) < 4.78 is 0. The number of hydrogen-bond donors (Lipinski definition) is 0. The lowest BCUT2D eigenvalue weighted by Crippen LogP contribution is -1.97. The molecule has 4 heteroatoms. The molecule has 0 aliphatic rings. The van der Waals surface area contributed by atoms with Crippen molar-refractivity contribution in [3.05, 3.63) is 170 Å². The van der Waals surface area contributed by atoms with Crippen molar-refractivity contribution in [2.45, 2.75) is 0 Å². The molecule has 0 atom stereocenters. The number of nitrogens with zero attached hydrogens (tertiary/aromatic N) is 4. The second kappa shape index (κ2) is 12.0. The van der Waals surface area contributed by atoms with Crippen LogP contribution in [-0.2, 0) is 0 Å². The largest absolute Gasteiger partial charge is 0.256 e. The maximum atomic E-state index is 5.21. The normalized spacial score (nSPS) is 11.0. The van der Waals surface area contributed by atoms with Crippen LogP contribution in [0.15, 0.2) is 170 Å². The first kappa shape index (κ1) is 27.3. The Balaban J connectivity index is 1.30. The van der Waals surface area contributed by atoms with E-state index in [0.717, 1.165) is 61.4 Å². The van der Waals surface area contributed by atoms with Crippen molar-refractivity contribution in [1.29, 1.82) is 0 Å². The Morgan fingerprint density at radius 3 is 1.41 bits per heavy atom. The average Bonchev–Trinajstić information content (AvgIpc) is 3.15. The fourth-order valence-electron chi connectivity index (χ4n) is 5.86. The molecule has 3 aromatic heterocycles. The molecule has 0 saturated carbocycles. The van der Waals surface area contributed by atoms with Gasteiger partial charge in [-0.15, -0.1) is 0 Å². The van der Waals surface area contributed by atoms with E-state index in [9.17, 15) is 0 Å². The van der Waals surface area contributed by atoms with Gasteiger partial charge >= 0.3 is 0 Å². The minimum absolute atomic E-state index is 0.651. The Bertz CT molecular complexity index is 2210. The van der Waals surface area contributed by atoms with Gasteiger partial charge in [0, 0.05) is 40.0 Å². The number of rotatable bonds is 6. The summed E-state index contributed by atoms with van der Waals surface area (Å²) in [5.41, 5.74) is 12.1. The number of pyridine rings is 2. The van der Waals surface area contributed by atoms with Crippen LogP contribution in [0.1, 0.15) is 0 Å². The highest BCUT2D eigenvalue weighted by Crippen LogP contribution is 2.35. The van der Waals surface area contributed by atoms with Crippen molar-refractivity contribution in [3.8, 4) is 67.4 Å². The van der Waals surface area contributed by atoms with Crippen molar-refractivity contribution >= 4 is 10.9 Å². The van der Waals surface area contributed by atoms with E-state index < -0.39 is 0 Å². The van der Waals surface area contributed by atoms with Crippen molar-refractivity contribution in [3.63, 3.8) is 0 Å². The van der Waals surface area contributed by atoms with Gasteiger partial charge in [0.2, 0.25) is 0 Å². The SMILES string of the molecule is c1ccc(-c2ccc(-c3ccc4c(-c5ccccc5)nc(-c5cc(-c6ccccn6)cc(-c6ccccn6)c5)nc4c3)cc2)cc1. The molecule has 0 unspecified atom stereocenters. The summed E-state index contributed by atoms with van der Waals surface area (Å²) in [6.07, 6.45) is 3.63. The summed E-state index contributed by atoms with van der Waals surface area (Å²) in [5, 5.41) is 1.01. The van der Waals surface area contributed by atoms with E-state index in [0.29, 0.717) is 5.82 Å². The lowest BCUT2D eigenvalue weighted by molar-refractivity contribution is 1.23. The van der Waals surface area contributed by atoms with Gasteiger partial charge in [0.15, 0.2) is 5.82 Å². The van der Waals surface area contributed by atoms with Gasteiger partial charge in [-0.3, -0.25) is 9.97 Å². The molecule has 46 heavy (non-hydrogen) atoms. The summed E-state index contributed by atoms with van der Waals surface area (Å²) in [4.78, 5) is 19.7. The van der Waals surface area contributed by atoms with Gasteiger partial charge in [0.05, 0.1) is 22.6 Å². The minimum Gasteiger partial charge on any atom is -0.256 e. The number of hydrogen-bond acceptors (Lipinski definition) is 4. The van der Waals surface area contributed by atoms with Gasteiger partial charge in [-0.25, -0.2) is 9.97 Å². The third-order valence-electron chi connectivity index (χ3n) is 8.18. The van der Waals surface area contributed by atoms with Crippen molar-refractivity contribution in [2.75, 3.05) is 0 Å². The standard InChI is InChI=1S/C42H28N4/c1-3-11-29(12-4-1)30-17-19-31(20-18-30)33-21-22-37-40(28-33)45-42(46-41(37)32-13-5-2-6-14-32)36-26-34(38-15-7-9-23-43-38)25-35(27-36)39-16-8-10-24-44-39/h1-28H. The number of aromatic nitrogens is 4. The van der Waals surface area contributed by atoms with Gasteiger partial charge in [-0.2, -0.15) is 0 Å². The van der Waals surface area contributed by atoms with Gasteiger partial charge in [0.25, 0.3) is 0 Å². The zero-order valence-corrected chi connectivity index (χ0v) is 25.0. The van der Waals surface area contributed by atoms with Crippen LogP contribution in [0.2, 0.25) is 0 Å². The summed E-state index contributed by atoms with van der Waals surface area (Å²) in [6.45, 7) is 0. The molecule has 4 nitrogen and oxygen atoms in total. The lowest BCUT2D eigenvalue weighted by atomic mass is 9.97. The molecule has 0 N–H and O–H groups in total. The predicted octanol–water partition coefficient (Wildman–Crippen LogP) is 10.4. The van der Waals surface area contributed by atoms with Gasteiger partial charge in [-0.1, -0.05) is 103 Å². The molecule has 0 fully saturated rings. The molecule has 216 valence electrons. The molecule has 8 aromatic rings. The summed E-state index contributed by atoms with van der Waals surface area (Å²) >= 11 is 0. The third kappa shape index (κ3) is 5.44. The monoisotopic (exact) mass is 588 g/mol. The zero-order chi connectivity index (χ0) is 30.7. The van der Waals surface area contributed by atoms with E-state index >= 15 is 0 Å². The molecule has 3 heterocycles. The lowest BCUT2D eigenvalue weighted by Gasteiger charge is -2.13. The van der Waals surface area contributed by atoms with Gasteiger partial charge in [0.1, 0.15) is 0 Å². The van der Waals surface area contributed by atoms with Crippen LogP contribution in [0.4, 0.5) is 0 Å². The zero-order valence-electron chi connectivity index (χ0n) is 25.0. The van der Waals surface area contributed by atoms with E-state index in [1.807, 2.05) is 73.1 Å². The van der Waals surface area contributed by atoms with E-state index in [2.05, 4.69) is 107 Å². The van der Waals surface area contributed by atoms with Crippen LogP contribution >= 0.6 is 0 Å². The van der Waals surface area contributed by atoms with Crippen LogP contribution in [-0.4, -0.2) is 19.9 Å². The van der Waals surface area contributed by atoms with Crippen LogP contribution in [0.5, 0.6) is 0 Å². The summed E-state index contributed by atoms with van der Waals surface area (Å²) in [6, 6.07) is 54.3. The fourth-order valence-corrected chi connectivity index (χ4v) is 5.86. The van der Waals surface area contributed by atoms with Gasteiger partial charge < -0.3 is 0 Å². The summed E-state index contributed by atoms with van der Waals surface area (Å²) in [7, 11) is 0. The minimum atomic E-state index is 0.651. The highest BCUT2D eigenvalue weighted by molar-refractivity contribution is 5.96. The molecule has 0 bridgehead atoms. The van der Waals surface area contributed by atoms with E-state index in [-0.39, 0.29) is 0 Å². The first-order valence-electron chi connectivity index (χ1n) is 15.3. The van der Waals surface area contributed by atoms with Crippen molar-refractivity contribution < 1.29 is 0 Å². The predicted molar refractivity (Wildman–Crippen MR) is 188 cm³/mol. The summed E-state index contributed by atoms with van der Waals surface area (Å²) in [5.74, 6) is 0.651. The highest BCUT2D eigenvalue weighted by atomic mass is 14.9. The fraction of sp³-hybridized carbons (Fsp3) is 0. The van der Waals surface area contributed by atoms with Crippen molar-refractivity contribution in [1.82, 2.24) is 19.9 Å². The highest BCUT2D eigenvalue weighted by Gasteiger charge is 2.15. The number of benzene rings is 5. The molecule has 5 aromatic carbocycles. The maximum Gasteiger partial charge on any atom is 0.160 e. The van der Waals surface area contributed by atoms with Crippen LogP contribution in [0, 0.1) is 0 Å². The molecular formula is C42H28N4. The topological polar surface area (TPSA) is 51.6 Å². The quantitative estimate of drug-likeness (QED) is 0.194. The second-order valence-electron chi connectivity index (χ2n) is 11.2. The Kier molecular flexibility index (Phi) is 7.14. The van der Waals surface area contributed by atoms with Crippen LogP contribution in [0.3, 0.4) is 0 Å². The Morgan fingerprint density at radius 2 is 0.826 bits per heavy atom. The molecule has 0 aliphatic heterocycles. The molecule has 0 aliphatic carbocycles. The molecule has 0 saturated heterocycles. The van der Waals surface area contributed by atoms with E-state index in [1.54, 1.807) is 0 Å². The Morgan fingerprint density at radius 1 is 0.326 bits per heavy atom. The molecule has 0 amide bonds. The van der Waals surface area contributed by atoms with Gasteiger partial charge in [-0.05, 0) is 76.9 Å². The smallest absolute Gasteiger partial charge is 0.160 e.